The van der Waals surface area contributed by atoms with Crippen molar-refractivity contribution in [2.75, 3.05) is 12.4 Å². The average molecular weight is 386 g/mol. The molecule has 2 heterocycles. The predicted molar refractivity (Wildman–Crippen MR) is 93.1 cm³/mol. The van der Waals surface area contributed by atoms with Crippen molar-refractivity contribution in [3.05, 3.63) is 65.6 Å². The maximum absolute atomic E-state index is 13.4. The highest BCUT2D eigenvalue weighted by Crippen LogP contribution is 2.22. The third kappa shape index (κ3) is 3.90. The second-order valence-electron chi connectivity index (χ2n) is 5.49. The van der Waals surface area contributed by atoms with E-state index in [9.17, 15) is 18.4 Å². The number of nitrogens with zero attached hydrogens (tertiary/aromatic N) is 3. The number of carboxylic acids is 1. The van der Waals surface area contributed by atoms with Crippen molar-refractivity contribution in [3.63, 3.8) is 0 Å². The van der Waals surface area contributed by atoms with Crippen LogP contribution in [-0.2, 0) is 0 Å². The number of hydrogen-bond acceptors (Lipinski definition) is 6. The fourth-order valence-electron chi connectivity index (χ4n) is 2.29. The number of rotatable bonds is 5. The second-order valence-corrected chi connectivity index (χ2v) is 5.49. The summed E-state index contributed by atoms with van der Waals surface area (Å²) in [6.07, 6.45) is 3.05. The number of carboxylic acid groups (broad SMARTS) is 1. The van der Waals surface area contributed by atoms with Crippen molar-refractivity contribution in [2.24, 2.45) is 0 Å². The van der Waals surface area contributed by atoms with Crippen LogP contribution in [0.15, 0.2) is 42.7 Å². The summed E-state index contributed by atoms with van der Waals surface area (Å²) in [6, 6.07) is 5.59. The van der Waals surface area contributed by atoms with Crippen LogP contribution in [0.1, 0.15) is 20.8 Å². The molecule has 0 fully saturated rings. The molecular weight excluding hydrogens is 374 g/mol. The first-order valence-corrected chi connectivity index (χ1v) is 7.76. The molecule has 0 aliphatic rings. The Morgan fingerprint density at radius 2 is 1.82 bits per heavy atom. The van der Waals surface area contributed by atoms with Gasteiger partial charge in [-0.25, -0.2) is 13.6 Å². The Morgan fingerprint density at radius 3 is 2.46 bits per heavy atom. The normalized spacial score (nSPS) is 10.4. The number of benzene rings is 1. The van der Waals surface area contributed by atoms with Crippen LogP contribution in [0.25, 0.3) is 11.3 Å². The van der Waals surface area contributed by atoms with Crippen LogP contribution < -0.4 is 10.1 Å². The zero-order chi connectivity index (χ0) is 20.3. The molecule has 142 valence electrons. The molecule has 0 aliphatic carbocycles. The van der Waals surface area contributed by atoms with Crippen molar-refractivity contribution in [1.29, 1.82) is 0 Å². The largest absolute Gasteiger partial charge is 0.495 e. The number of aromatic carboxylic acids is 1. The van der Waals surface area contributed by atoms with Crippen LogP contribution >= 0.6 is 0 Å². The lowest BCUT2D eigenvalue weighted by Gasteiger charge is -2.09. The Bertz CT molecular complexity index is 1060. The molecule has 0 saturated heterocycles. The number of hydrogen-bond donors (Lipinski definition) is 2. The number of pyridine rings is 1. The molecule has 0 bridgehead atoms. The zero-order valence-corrected chi connectivity index (χ0v) is 14.3. The maximum atomic E-state index is 13.4. The number of carbonyl (C=O) groups excluding carboxylic acids is 1. The smallest absolute Gasteiger partial charge is 0.337 e. The van der Waals surface area contributed by atoms with E-state index in [1.54, 1.807) is 6.07 Å². The quantitative estimate of drug-likeness (QED) is 0.693. The van der Waals surface area contributed by atoms with Gasteiger partial charge in [-0.3, -0.25) is 9.78 Å². The summed E-state index contributed by atoms with van der Waals surface area (Å²) in [6.45, 7) is 0. The van der Waals surface area contributed by atoms with E-state index >= 15 is 0 Å². The van der Waals surface area contributed by atoms with Gasteiger partial charge in [-0.15, -0.1) is 10.2 Å². The van der Waals surface area contributed by atoms with Crippen molar-refractivity contribution < 1.29 is 28.2 Å². The first-order chi connectivity index (χ1) is 13.4. The van der Waals surface area contributed by atoms with Gasteiger partial charge in [0, 0.05) is 17.8 Å². The van der Waals surface area contributed by atoms with E-state index in [4.69, 9.17) is 9.84 Å². The van der Waals surface area contributed by atoms with E-state index < -0.39 is 34.8 Å². The van der Waals surface area contributed by atoms with Crippen LogP contribution in [0, 0.1) is 11.6 Å². The number of anilines is 1. The average Bonchev–Trinajstić information content (AvgIpc) is 2.70. The van der Waals surface area contributed by atoms with Gasteiger partial charge in [0.15, 0.2) is 17.3 Å². The summed E-state index contributed by atoms with van der Waals surface area (Å²) in [5.41, 5.74) is -0.131. The van der Waals surface area contributed by atoms with Gasteiger partial charge in [0.1, 0.15) is 5.75 Å². The molecule has 1 aromatic carbocycles. The minimum Gasteiger partial charge on any atom is -0.495 e. The van der Waals surface area contributed by atoms with Crippen molar-refractivity contribution >= 4 is 17.6 Å². The summed E-state index contributed by atoms with van der Waals surface area (Å²) in [7, 11) is 1.49. The minimum atomic E-state index is -1.53. The number of methoxy groups -OCH3 is 1. The molecule has 0 atom stereocenters. The van der Waals surface area contributed by atoms with Gasteiger partial charge >= 0.3 is 5.97 Å². The number of nitrogens with one attached hydrogen (secondary N) is 1. The Balaban J connectivity index is 1.84. The highest BCUT2D eigenvalue weighted by atomic mass is 19.2. The van der Waals surface area contributed by atoms with E-state index in [-0.39, 0.29) is 5.69 Å². The third-order valence-corrected chi connectivity index (χ3v) is 3.68. The Kier molecular flexibility index (Phi) is 5.21. The minimum absolute atomic E-state index is 0.152. The SMILES string of the molecule is COc1cncc(-c2ccc(C(=O)Nc3cc(F)c(F)cc3C(=O)O)nn2)c1. The highest BCUT2D eigenvalue weighted by molar-refractivity contribution is 6.06. The Hall–Kier alpha value is -3.95. The third-order valence-electron chi connectivity index (χ3n) is 3.68. The first-order valence-electron chi connectivity index (χ1n) is 7.76. The van der Waals surface area contributed by atoms with Crippen molar-refractivity contribution in [2.45, 2.75) is 0 Å². The molecule has 3 aromatic rings. The zero-order valence-electron chi connectivity index (χ0n) is 14.3. The molecule has 2 N–H and O–H groups in total. The van der Waals surface area contributed by atoms with Gasteiger partial charge in [0.05, 0.1) is 30.3 Å². The van der Waals surface area contributed by atoms with Gasteiger partial charge < -0.3 is 15.2 Å². The lowest BCUT2D eigenvalue weighted by atomic mass is 10.1. The molecule has 28 heavy (non-hydrogen) atoms. The summed E-state index contributed by atoms with van der Waals surface area (Å²) in [5, 5.41) is 19.0. The van der Waals surface area contributed by atoms with Crippen LogP contribution in [-0.4, -0.2) is 39.3 Å². The number of carbonyl (C=O) groups is 2. The monoisotopic (exact) mass is 386 g/mol. The van der Waals surface area contributed by atoms with E-state index in [2.05, 4.69) is 20.5 Å². The van der Waals surface area contributed by atoms with Crippen LogP contribution in [0.3, 0.4) is 0 Å². The Morgan fingerprint density at radius 1 is 1.07 bits per heavy atom. The van der Waals surface area contributed by atoms with Crippen LogP contribution in [0.4, 0.5) is 14.5 Å². The summed E-state index contributed by atoms with van der Waals surface area (Å²) in [5.74, 6) is -4.49. The van der Waals surface area contributed by atoms with Gasteiger partial charge in [-0.2, -0.15) is 0 Å². The molecular formula is C18H12F2N4O4. The van der Waals surface area contributed by atoms with E-state index in [0.717, 1.165) is 0 Å². The van der Waals surface area contributed by atoms with Crippen molar-refractivity contribution in [1.82, 2.24) is 15.2 Å². The van der Waals surface area contributed by atoms with E-state index in [0.29, 0.717) is 29.1 Å². The summed E-state index contributed by atoms with van der Waals surface area (Å²) < 4.78 is 31.7. The van der Waals surface area contributed by atoms with Crippen LogP contribution in [0.5, 0.6) is 5.75 Å². The van der Waals surface area contributed by atoms with Gasteiger partial charge in [0.2, 0.25) is 0 Å². The number of aromatic nitrogens is 3. The summed E-state index contributed by atoms with van der Waals surface area (Å²) in [4.78, 5) is 27.4. The maximum Gasteiger partial charge on any atom is 0.337 e. The number of halogens is 2. The summed E-state index contributed by atoms with van der Waals surface area (Å²) >= 11 is 0. The van der Waals surface area contributed by atoms with Crippen LogP contribution in [0.2, 0.25) is 0 Å². The molecule has 1 amide bonds. The number of ether oxygens (including phenoxy) is 1. The molecule has 0 saturated carbocycles. The fraction of sp³-hybridized carbons (Fsp3) is 0.0556. The van der Waals surface area contributed by atoms with Gasteiger partial charge in [-0.1, -0.05) is 0 Å². The standard InChI is InChI=1S/C18H12F2N4O4/c1-28-10-4-9(7-21-8-10)14-2-3-15(24-23-14)17(25)22-16-6-13(20)12(19)5-11(16)18(26)27/h2-8H,1H3,(H,22,25)(H,26,27). The molecule has 0 spiro atoms. The second kappa shape index (κ2) is 7.74. The lowest BCUT2D eigenvalue weighted by Crippen LogP contribution is -2.17. The molecule has 0 unspecified atom stereocenters. The lowest BCUT2D eigenvalue weighted by molar-refractivity contribution is 0.0697. The fourth-order valence-corrected chi connectivity index (χ4v) is 2.29. The van der Waals surface area contributed by atoms with Gasteiger partial charge in [0.25, 0.3) is 5.91 Å². The van der Waals surface area contributed by atoms with E-state index in [1.165, 1.54) is 31.6 Å². The Labute approximate surface area is 156 Å². The molecule has 0 aliphatic heterocycles. The van der Waals surface area contributed by atoms with Crippen molar-refractivity contribution in [3.8, 4) is 17.0 Å². The van der Waals surface area contributed by atoms with Gasteiger partial charge in [-0.05, 0) is 24.3 Å². The molecule has 3 rings (SSSR count). The van der Waals surface area contributed by atoms with E-state index in [1.807, 2.05) is 0 Å². The highest BCUT2D eigenvalue weighted by Gasteiger charge is 2.18. The predicted octanol–water partition coefficient (Wildman–Crippen LogP) is 2.78. The molecule has 0 radical (unpaired) electrons. The molecule has 8 nitrogen and oxygen atoms in total. The first kappa shape index (κ1) is 18.8. The topological polar surface area (TPSA) is 114 Å². The number of amides is 1. The molecule has 2 aromatic heterocycles. The molecule has 10 heteroatoms.